The van der Waals surface area contributed by atoms with Crippen LogP contribution in [0.4, 0.5) is 10.5 Å². The molecule has 6 rings (SSSR count). The van der Waals surface area contributed by atoms with Crippen LogP contribution in [0.1, 0.15) is 29.5 Å². The summed E-state index contributed by atoms with van der Waals surface area (Å²) in [7, 11) is 1.83. The molecule has 0 radical (unpaired) electrons. The molecule has 43 heavy (non-hydrogen) atoms. The van der Waals surface area contributed by atoms with Crippen LogP contribution in [0, 0.1) is 5.41 Å². The van der Waals surface area contributed by atoms with Gasteiger partial charge < -0.3 is 15.0 Å². The SMILES string of the molecule is CCOC(=O)N1C/C(=C\c2ccc(Cl)c(Cl)c2)C(=O)[C@@]2(C1)[C@H](c1ccc(Cl)c(Cl)c1)CN(C)[C@]21C(=O)Nc2ccccc21. The molecule has 0 unspecified atom stereocenters. The molecule has 2 spiro atoms. The maximum absolute atomic E-state index is 15.3. The Kier molecular flexibility index (Phi) is 7.76. The van der Waals surface area contributed by atoms with E-state index in [0.29, 0.717) is 49.0 Å². The van der Waals surface area contributed by atoms with E-state index in [-0.39, 0.29) is 31.4 Å². The number of amides is 2. The van der Waals surface area contributed by atoms with E-state index in [1.165, 1.54) is 4.90 Å². The van der Waals surface area contributed by atoms with Crippen LogP contribution in [0.25, 0.3) is 6.08 Å². The number of para-hydroxylation sites is 1. The fourth-order valence-corrected chi connectivity index (χ4v) is 7.75. The zero-order valence-corrected chi connectivity index (χ0v) is 26.3. The Morgan fingerprint density at radius 3 is 2.40 bits per heavy atom. The Bertz CT molecular complexity index is 1710. The fourth-order valence-electron chi connectivity index (χ4n) is 7.14. The topological polar surface area (TPSA) is 79.0 Å². The van der Waals surface area contributed by atoms with Gasteiger partial charge in [0, 0.05) is 35.8 Å². The van der Waals surface area contributed by atoms with E-state index in [0.717, 1.165) is 5.56 Å². The van der Waals surface area contributed by atoms with Crippen LogP contribution in [0.3, 0.4) is 0 Å². The lowest BCUT2D eigenvalue weighted by Crippen LogP contribution is -2.66. The number of likely N-dealkylation sites (N-methyl/N-ethyl adjacent to an activating group) is 1. The number of hydrogen-bond donors (Lipinski definition) is 1. The maximum Gasteiger partial charge on any atom is 0.410 e. The van der Waals surface area contributed by atoms with E-state index < -0.39 is 23.0 Å². The van der Waals surface area contributed by atoms with Crippen molar-refractivity contribution in [2.24, 2.45) is 5.41 Å². The standard InChI is InChI=1S/C32H27Cl4N3O4/c1-3-43-30(42)39-15-20(12-18-8-10-23(33)25(35)13-18)28(40)31(17-39)22(19-9-11-24(34)26(36)14-19)16-38(2)32(31)21-6-4-5-7-27(21)37-29(32)41/h4-14,22H,3,15-17H2,1-2H3,(H,37,41)/b20-12+/t22-,31+,32+/m0/s1. The maximum atomic E-state index is 15.3. The number of carbonyl (C=O) groups is 3. The first kappa shape index (κ1) is 30.0. The van der Waals surface area contributed by atoms with Gasteiger partial charge in [0.2, 0.25) is 0 Å². The van der Waals surface area contributed by atoms with E-state index >= 15 is 4.79 Å². The summed E-state index contributed by atoms with van der Waals surface area (Å²) >= 11 is 25.3. The lowest BCUT2D eigenvalue weighted by Gasteiger charge is -2.50. The van der Waals surface area contributed by atoms with Crippen molar-refractivity contribution in [2.45, 2.75) is 18.4 Å². The van der Waals surface area contributed by atoms with Crippen molar-refractivity contribution >= 4 is 76.0 Å². The minimum Gasteiger partial charge on any atom is -0.450 e. The number of nitrogens with one attached hydrogen (secondary N) is 1. The van der Waals surface area contributed by atoms with Gasteiger partial charge in [0.15, 0.2) is 5.78 Å². The number of benzene rings is 3. The first-order valence-electron chi connectivity index (χ1n) is 13.7. The van der Waals surface area contributed by atoms with Crippen LogP contribution < -0.4 is 5.32 Å². The van der Waals surface area contributed by atoms with E-state index in [1.54, 1.807) is 43.3 Å². The highest BCUT2D eigenvalue weighted by Gasteiger charge is 2.75. The molecule has 0 aromatic heterocycles. The van der Waals surface area contributed by atoms with Gasteiger partial charge in [-0.3, -0.25) is 14.5 Å². The third kappa shape index (κ3) is 4.47. The van der Waals surface area contributed by atoms with Crippen LogP contribution in [-0.4, -0.2) is 60.9 Å². The largest absolute Gasteiger partial charge is 0.450 e. The Morgan fingerprint density at radius 2 is 1.70 bits per heavy atom. The second kappa shape index (κ2) is 11.1. The van der Waals surface area contributed by atoms with Crippen molar-refractivity contribution in [3.63, 3.8) is 0 Å². The summed E-state index contributed by atoms with van der Waals surface area (Å²) in [4.78, 5) is 46.5. The van der Waals surface area contributed by atoms with Crippen molar-refractivity contribution in [3.05, 3.63) is 103 Å². The monoisotopic (exact) mass is 657 g/mol. The molecule has 222 valence electrons. The van der Waals surface area contributed by atoms with E-state index in [1.807, 2.05) is 42.3 Å². The lowest BCUT2D eigenvalue weighted by atomic mass is 9.56. The number of fused-ring (bicyclic) bond motifs is 3. The minimum atomic E-state index is -1.48. The third-order valence-electron chi connectivity index (χ3n) is 8.82. The molecule has 0 saturated carbocycles. The molecular weight excluding hydrogens is 632 g/mol. The number of hydrogen-bond acceptors (Lipinski definition) is 5. The molecule has 0 aliphatic carbocycles. The molecule has 3 heterocycles. The van der Waals surface area contributed by atoms with Crippen molar-refractivity contribution < 1.29 is 19.1 Å². The van der Waals surface area contributed by atoms with Crippen molar-refractivity contribution in [2.75, 3.05) is 38.6 Å². The average molecular weight is 659 g/mol. The molecule has 0 bridgehead atoms. The smallest absolute Gasteiger partial charge is 0.410 e. The Hall–Kier alpha value is -3.07. The molecule has 3 aliphatic heterocycles. The summed E-state index contributed by atoms with van der Waals surface area (Å²) in [5.74, 6) is -1.16. The predicted octanol–water partition coefficient (Wildman–Crippen LogP) is 7.29. The van der Waals surface area contributed by atoms with Crippen molar-refractivity contribution in [3.8, 4) is 0 Å². The van der Waals surface area contributed by atoms with Crippen molar-refractivity contribution in [1.29, 1.82) is 0 Å². The van der Waals surface area contributed by atoms with Crippen LogP contribution in [0.15, 0.2) is 66.2 Å². The molecule has 3 aromatic carbocycles. The molecule has 2 saturated heterocycles. The Morgan fingerprint density at radius 1 is 1.00 bits per heavy atom. The van der Waals surface area contributed by atoms with Crippen LogP contribution in [0.5, 0.6) is 0 Å². The normalized spacial score (nSPS) is 26.0. The third-order valence-corrected chi connectivity index (χ3v) is 10.3. The van der Waals surface area contributed by atoms with Gasteiger partial charge in [-0.25, -0.2) is 4.79 Å². The van der Waals surface area contributed by atoms with Gasteiger partial charge in [0.25, 0.3) is 5.91 Å². The first-order chi connectivity index (χ1) is 20.5. The summed E-state index contributed by atoms with van der Waals surface area (Å²) in [6.07, 6.45) is 1.12. The van der Waals surface area contributed by atoms with Gasteiger partial charge >= 0.3 is 6.09 Å². The molecule has 2 fully saturated rings. The first-order valence-corrected chi connectivity index (χ1v) is 15.2. The van der Waals surface area contributed by atoms with Gasteiger partial charge in [-0.05, 0) is 61.5 Å². The number of piperidine rings is 1. The summed E-state index contributed by atoms with van der Waals surface area (Å²) in [5.41, 5.74) is 0.0176. The summed E-state index contributed by atoms with van der Waals surface area (Å²) in [6, 6.07) is 17.7. The average Bonchev–Trinajstić information content (AvgIpc) is 3.42. The number of anilines is 1. The zero-order chi connectivity index (χ0) is 30.7. The lowest BCUT2D eigenvalue weighted by molar-refractivity contribution is -0.146. The number of ketones is 1. The Balaban J connectivity index is 1.65. The highest BCUT2D eigenvalue weighted by Crippen LogP contribution is 2.64. The van der Waals surface area contributed by atoms with Gasteiger partial charge in [-0.1, -0.05) is 76.7 Å². The quantitative estimate of drug-likeness (QED) is 0.299. The predicted molar refractivity (Wildman–Crippen MR) is 169 cm³/mol. The van der Waals surface area contributed by atoms with Crippen LogP contribution in [0.2, 0.25) is 20.1 Å². The molecule has 2 amide bonds. The van der Waals surface area contributed by atoms with Gasteiger partial charge in [-0.15, -0.1) is 0 Å². The molecule has 1 N–H and O–H groups in total. The highest BCUT2D eigenvalue weighted by molar-refractivity contribution is 6.42. The summed E-state index contributed by atoms with van der Waals surface area (Å²) in [5, 5.41) is 4.42. The van der Waals surface area contributed by atoms with Gasteiger partial charge in [-0.2, -0.15) is 0 Å². The highest BCUT2D eigenvalue weighted by atomic mass is 35.5. The number of rotatable bonds is 3. The summed E-state index contributed by atoms with van der Waals surface area (Å²) < 4.78 is 5.46. The summed E-state index contributed by atoms with van der Waals surface area (Å²) in [6.45, 7) is 2.10. The second-order valence-electron chi connectivity index (χ2n) is 11.0. The van der Waals surface area contributed by atoms with Crippen molar-refractivity contribution in [1.82, 2.24) is 9.80 Å². The number of ether oxygens (including phenoxy) is 1. The number of likely N-dealkylation sites (tertiary alicyclic amines) is 2. The molecule has 3 atom stereocenters. The van der Waals surface area contributed by atoms with Crippen LogP contribution in [-0.2, 0) is 19.9 Å². The van der Waals surface area contributed by atoms with E-state index in [9.17, 15) is 9.59 Å². The molecule has 7 nitrogen and oxygen atoms in total. The van der Waals surface area contributed by atoms with Gasteiger partial charge in [0.05, 0.1) is 38.7 Å². The van der Waals surface area contributed by atoms with Gasteiger partial charge in [0.1, 0.15) is 5.54 Å². The molecule has 11 heteroatoms. The number of carbonyl (C=O) groups excluding carboxylic acids is 3. The zero-order valence-electron chi connectivity index (χ0n) is 23.3. The second-order valence-corrected chi connectivity index (χ2v) is 12.6. The number of Topliss-reactive ketones (excluding diaryl/α,β-unsaturated/α-hetero) is 1. The number of nitrogens with zero attached hydrogens (tertiary/aromatic N) is 2. The minimum absolute atomic E-state index is 0.0170. The van der Waals surface area contributed by atoms with E-state index in [4.69, 9.17) is 51.1 Å². The molecule has 3 aromatic rings. The molecular formula is C32H27Cl4N3O4. The van der Waals surface area contributed by atoms with E-state index in [2.05, 4.69) is 5.32 Å². The molecule has 3 aliphatic rings. The fraction of sp³-hybridized carbons (Fsp3) is 0.281. The van der Waals surface area contributed by atoms with Crippen LogP contribution >= 0.6 is 46.4 Å². The number of halogens is 4. The Labute approximate surface area is 269 Å².